The third-order valence-corrected chi connectivity index (χ3v) is 5.51. The Kier molecular flexibility index (Phi) is 4.66. The lowest BCUT2D eigenvalue weighted by Gasteiger charge is -2.10. The number of imidazole rings is 1. The van der Waals surface area contributed by atoms with Gasteiger partial charge in [-0.25, -0.2) is 18.4 Å². The Balaban J connectivity index is 2.21. The average molecular weight is 402 g/mol. The van der Waals surface area contributed by atoms with E-state index in [2.05, 4.69) is 15.0 Å². The maximum atomic E-state index is 12.8. The van der Waals surface area contributed by atoms with E-state index >= 15 is 0 Å². The molecular formula is C15H13F3N4O4S. The van der Waals surface area contributed by atoms with E-state index in [1.807, 2.05) is 0 Å². The zero-order valence-electron chi connectivity index (χ0n) is 13.7. The lowest BCUT2D eigenvalue weighted by Crippen LogP contribution is -2.09. The summed E-state index contributed by atoms with van der Waals surface area (Å²) in [5.41, 5.74) is -1.49. The summed E-state index contributed by atoms with van der Waals surface area (Å²) in [6.07, 6.45) is -3.33. The maximum absolute atomic E-state index is 12.8. The summed E-state index contributed by atoms with van der Waals surface area (Å²) in [5, 5.41) is 18.5. The molecule has 27 heavy (non-hydrogen) atoms. The fraction of sp³-hybridized carbons (Fsp3) is 0.267. The minimum Gasteiger partial charge on any atom is -0.364 e. The van der Waals surface area contributed by atoms with Crippen LogP contribution in [-0.4, -0.2) is 43.7 Å². The number of fused-ring (bicyclic) bond motifs is 1. The summed E-state index contributed by atoms with van der Waals surface area (Å²) in [5.74, 6) is -0.292. The number of aliphatic hydroxyl groups excluding tert-OH is 1. The molecule has 3 aromatic rings. The van der Waals surface area contributed by atoms with E-state index in [0.29, 0.717) is 0 Å². The highest BCUT2D eigenvalue weighted by Crippen LogP contribution is 2.30. The third kappa shape index (κ3) is 3.63. The SMILES string of the molecule is CCS(=O)(=O)c1cc(C(O)O)cnc1-c1cn2cnc(C(F)(F)F)cc2n1. The van der Waals surface area contributed by atoms with Crippen molar-refractivity contribution in [2.45, 2.75) is 24.3 Å². The van der Waals surface area contributed by atoms with Crippen LogP contribution in [0.15, 0.2) is 35.7 Å². The summed E-state index contributed by atoms with van der Waals surface area (Å²) in [6.45, 7) is 1.39. The molecule has 0 aliphatic heterocycles. The van der Waals surface area contributed by atoms with Gasteiger partial charge in [0.05, 0.1) is 10.6 Å². The van der Waals surface area contributed by atoms with E-state index in [1.165, 1.54) is 17.5 Å². The van der Waals surface area contributed by atoms with Crippen molar-refractivity contribution >= 4 is 15.5 Å². The topological polar surface area (TPSA) is 118 Å². The third-order valence-electron chi connectivity index (χ3n) is 3.77. The molecule has 0 atom stereocenters. The first-order valence-corrected chi connectivity index (χ1v) is 9.19. The Morgan fingerprint density at radius 1 is 1.22 bits per heavy atom. The molecule has 0 radical (unpaired) electrons. The Labute approximate surface area is 150 Å². The van der Waals surface area contributed by atoms with Crippen molar-refractivity contribution in [3.8, 4) is 11.4 Å². The van der Waals surface area contributed by atoms with Crippen LogP contribution < -0.4 is 0 Å². The van der Waals surface area contributed by atoms with Gasteiger partial charge in [-0.3, -0.25) is 9.38 Å². The molecule has 0 bridgehead atoms. The normalized spacial score (nSPS) is 12.9. The van der Waals surface area contributed by atoms with E-state index in [-0.39, 0.29) is 33.2 Å². The van der Waals surface area contributed by atoms with Crippen LogP contribution in [0.1, 0.15) is 24.5 Å². The second kappa shape index (κ2) is 6.55. The fourth-order valence-electron chi connectivity index (χ4n) is 2.35. The molecule has 144 valence electrons. The molecule has 0 aliphatic rings. The molecule has 0 spiro atoms. The number of aromatic nitrogens is 4. The van der Waals surface area contributed by atoms with E-state index in [4.69, 9.17) is 0 Å². The quantitative estimate of drug-likeness (QED) is 0.636. The van der Waals surface area contributed by atoms with Crippen molar-refractivity contribution in [3.63, 3.8) is 0 Å². The second-order valence-electron chi connectivity index (χ2n) is 5.56. The summed E-state index contributed by atoms with van der Waals surface area (Å²) in [7, 11) is -3.83. The number of rotatable bonds is 4. The van der Waals surface area contributed by atoms with Gasteiger partial charge in [0, 0.05) is 24.0 Å². The van der Waals surface area contributed by atoms with E-state index in [0.717, 1.165) is 24.7 Å². The Morgan fingerprint density at radius 2 is 1.93 bits per heavy atom. The summed E-state index contributed by atoms with van der Waals surface area (Å²) >= 11 is 0. The van der Waals surface area contributed by atoms with Gasteiger partial charge >= 0.3 is 6.18 Å². The van der Waals surface area contributed by atoms with Crippen LogP contribution in [0.25, 0.3) is 17.0 Å². The molecule has 3 aromatic heterocycles. The molecule has 8 nitrogen and oxygen atoms in total. The van der Waals surface area contributed by atoms with Crippen LogP contribution >= 0.6 is 0 Å². The van der Waals surface area contributed by atoms with Gasteiger partial charge in [-0.15, -0.1) is 0 Å². The summed E-state index contributed by atoms with van der Waals surface area (Å²) in [4.78, 5) is 10.9. The van der Waals surface area contributed by atoms with Gasteiger partial charge in [0.2, 0.25) is 0 Å². The maximum Gasteiger partial charge on any atom is 0.433 e. The molecule has 0 amide bonds. The van der Waals surface area contributed by atoms with E-state index < -0.39 is 28.0 Å². The highest BCUT2D eigenvalue weighted by atomic mass is 32.2. The number of aliphatic hydroxyl groups is 2. The predicted molar refractivity (Wildman–Crippen MR) is 86.1 cm³/mol. The smallest absolute Gasteiger partial charge is 0.364 e. The number of sulfone groups is 1. The van der Waals surface area contributed by atoms with Gasteiger partial charge in [0.25, 0.3) is 0 Å². The highest BCUT2D eigenvalue weighted by Gasteiger charge is 2.33. The standard InChI is InChI=1S/C15H13F3N4O4S/c1-2-27(25,26)10-3-8(14(23)24)5-19-13(10)9-6-22-7-20-11(15(16,17)18)4-12(22)21-9/h3-7,14,23-24H,2H2,1H3. The van der Waals surface area contributed by atoms with Crippen molar-refractivity contribution in [2.24, 2.45) is 0 Å². The number of halogens is 3. The van der Waals surface area contributed by atoms with Gasteiger partial charge in [0.1, 0.15) is 29.1 Å². The highest BCUT2D eigenvalue weighted by molar-refractivity contribution is 7.91. The summed E-state index contributed by atoms with van der Waals surface area (Å²) < 4.78 is 64.3. The number of hydrogen-bond donors (Lipinski definition) is 2. The van der Waals surface area contributed by atoms with Gasteiger partial charge in [-0.1, -0.05) is 6.92 Å². The molecule has 2 N–H and O–H groups in total. The zero-order chi connectivity index (χ0) is 20.0. The molecule has 0 fully saturated rings. The lowest BCUT2D eigenvalue weighted by molar-refractivity contribution is -0.141. The molecule has 0 unspecified atom stereocenters. The van der Waals surface area contributed by atoms with Crippen LogP contribution in [0.3, 0.4) is 0 Å². The number of alkyl halides is 3. The van der Waals surface area contributed by atoms with Crippen molar-refractivity contribution < 1.29 is 31.8 Å². The Hall–Kier alpha value is -2.57. The molecule has 3 heterocycles. The minimum atomic E-state index is -4.65. The first-order chi connectivity index (χ1) is 12.5. The van der Waals surface area contributed by atoms with E-state index in [1.54, 1.807) is 0 Å². The van der Waals surface area contributed by atoms with Gasteiger partial charge in [0.15, 0.2) is 16.1 Å². The first kappa shape index (κ1) is 19.2. The number of hydrogen-bond acceptors (Lipinski definition) is 7. The van der Waals surface area contributed by atoms with Crippen molar-refractivity contribution in [3.05, 3.63) is 42.1 Å². The van der Waals surface area contributed by atoms with Crippen LogP contribution in [0.5, 0.6) is 0 Å². The van der Waals surface area contributed by atoms with Crippen molar-refractivity contribution in [1.29, 1.82) is 0 Å². The molecule has 3 rings (SSSR count). The molecule has 12 heteroatoms. The monoisotopic (exact) mass is 402 g/mol. The van der Waals surface area contributed by atoms with Gasteiger partial charge < -0.3 is 10.2 Å². The summed E-state index contributed by atoms with van der Waals surface area (Å²) in [6, 6.07) is 1.78. The van der Waals surface area contributed by atoms with Crippen LogP contribution in [-0.2, 0) is 16.0 Å². The predicted octanol–water partition coefficient (Wildman–Crippen LogP) is 1.59. The van der Waals surface area contributed by atoms with Gasteiger partial charge in [-0.2, -0.15) is 13.2 Å². The number of nitrogens with zero attached hydrogens (tertiary/aromatic N) is 4. The van der Waals surface area contributed by atoms with Gasteiger partial charge in [-0.05, 0) is 6.07 Å². The number of pyridine rings is 1. The lowest BCUT2D eigenvalue weighted by atomic mass is 10.2. The molecular weight excluding hydrogens is 389 g/mol. The molecule has 0 saturated carbocycles. The Bertz CT molecular complexity index is 1110. The second-order valence-corrected chi connectivity index (χ2v) is 7.80. The molecule has 0 saturated heterocycles. The van der Waals surface area contributed by atoms with Crippen LogP contribution in [0.2, 0.25) is 0 Å². The minimum absolute atomic E-state index is 0.00197. The van der Waals surface area contributed by atoms with Crippen molar-refractivity contribution in [1.82, 2.24) is 19.4 Å². The van der Waals surface area contributed by atoms with Crippen LogP contribution in [0.4, 0.5) is 13.2 Å². The first-order valence-electron chi connectivity index (χ1n) is 7.54. The van der Waals surface area contributed by atoms with E-state index in [9.17, 15) is 31.8 Å². The molecule has 0 aliphatic carbocycles. The van der Waals surface area contributed by atoms with Crippen molar-refractivity contribution in [2.75, 3.05) is 5.75 Å². The fourth-order valence-corrected chi connectivity index (χ4v) is 3.42. The van der Waals surface area contributed by atoms with Crippen LogP contribution in [0, 0.1) is 0 Å². The molecule has 0 aromatic carbocycles. The Morgan fingerprint density at radius 3 is 2.52 bits per heavy atom. The average Bonchev–Trinajstić information content (AvgIpc) is 3.03. The largest absolute Gasteiger partial charge is 0.433 e. The zero-order valence-corrected chi connectivity index (χ0v) is 14.5.